The Balaban J connectivity index is 3.35. The zero-order chi connectivity index (χ0) is 11.6. The van der Waals surface area contributed by atoms with Crippen LogP contribution in [0.5, 0.6) is 5.75 Å². The third-order valence-corrected chi connectivity index (χ3v) is 5.38. The van der Waals surface area contributed by atoms with Crippen LogP contribution in [0, 0.1) is 0 Å². The van der Waals surface area contributed by atoms with Crippen LogP contribution in [-0.2, 0) is 0 Å². The summed E-state index contributed by atoms with van der Waals surface area (Å²) in [5.74, 6) is -0.642. The molecule has 0 aliphatic rings. The number of ether oxygens (including phenoxy) is 1. The van der Waals surface area contributed by atoms with Crippen molar-refractivity contribution in [3.8, 4) is 5.75 Å². The van der Waals surface area contributed by atoms with Gasteiger partial charge in [-0.05, 0) is 0 Å². The van der Waals surface area contributed by atoms with E-state index in [0.29, 0.717) is 10.8 Å². The topological polar surface area (TPSA) is 46.5 Å². The van der Waals surface area contributed by atoms with Crippen molar-refractivity contribution in [2.45, 2.75) is 11.4 Å². The van der Waals surface area contributed by atoms with Crippen molar-refractivity contribution in [3.63, 3.8) is 0 Å². The minimum absolute atomic E-state index is 0.113. The van der Waals surface area contributed by atoms with Gasteiger partial charge in [-0.3, -0.25) is 0 Å². The zero-order valence-electron chi connectivity index (χ0n) is 8.74. The van der Waals surface area contributed by atoms with Gasteiger partial charge in [-0.2, -0.15) is 0 Å². The second-order valence-electron chi connectivity index (χ2n) is 3.20. The molecule has 5 heteroatoms. The summed E-state index contributed by atoms with van der Waals surface area (Å²) in [5.41, 5.74) is 4.38. The normalized spacial score (nSPS) is 10.5. The molecule has 82 valence electrons. The van der Waals surface area contributed by atoms with E-state index >= 15 is 0 Å². The van der Waals surface area contributed by atoms with E-state index in [9.17, 15) is 4.79 Å². The molecule has 1 rings (SSSR count). The van der Waals surface area contributed by atoms with Gasteiger partial charge in [-0.15, -0.1) is 0 Å². The zero-order valence-corrected chi connectivity index (χ0v) is 11.4. The molecule has 0 atom stereocenters. The van der Waals surface area contributed by atoms with E-state index in [-0.39, 0.29) is 5.56 Å². The number of carboxylic acids is 1. The average Bonchev–Trinajstić information content (AvgIpc) is 2.16. The second kappa shape index (κ2) is 4.91. The Hall–Kier alpha value is -0.662. The molecule has 0 fully saturated rings. The number of carbonyl (C=O) groups is 1. The van der Waals surface area contributed by atoms with Crippen LogP contribution in [0.25, 0.3) is 0 Å². The summed E-state index contributed by atoms with van der Waals surface area (Å²) in [5, 5.41) is 9.45. The van der Waals surface area contributed by atoms with E-state index in [1.807, 2.05) is 0 Å². The van der Waals surface area contributed by atoms with Gasteiger partial charge >= 0.3 is 98.2 Å². The van der Waals surface area contributed by atoms with Crippen LogP contribution < -0.4 is 9.09 Å². The number of benzene rings is 1. The van der Waals surface area contributed by atoms with Crippen molar-refractivity contribution in [2.75, 3.05) is 7.11 Å². The summed E-state index contributed by atoms with van der Waals surface area (Å²) < 4.78 is 6.07. The Morgan fingerprint density at radius 3 is 2.47 bits per heavy atom. The summed E-state index contributed by atoms with van der Waals surface area (Å²) in [6.07, 6.45) is 0. The standard InChI is InChI=1S/C10H12AsClO3/c1-11(2)7-5-9(15-3)6(10(13)14)4-8(7)12/h4-5H,1-3H3,(H,13,14). The number of methoxy groups -OCH3 is 1. The predicted molar refractivity (Wildman–Crippen MR) is 62.1 cm³/mol. The first-order valence-electron chi connectivity index (χ1n) is 4.25. The van der Waals surface area contributed by atoms with E-state index in [2.05, 4.69) is 11.4 Å². The quantitative estimate of drug-likeness (QED) is 0.866. The fraction of sp³-hybridized carbons (Fsp3) is 0.300. The number of carboxylic acid groups (broad SMARTS) is 1. The van der Waals surface area contributed by atoms with E-state index in [1.54, 1.807) is 6.07 Å². The Bertz CT molecular complexity index is 390. The SMILES string of the molecule is COc1cc([As](C)C)c(Cl)cc1C(=O)O. The first-order valence-corrected chi connectivity index (χ1v) is 9.32. The van der Waals surface area contributed by atoms with Crippen LogP contribution in [0.4, 0.5) is 0 Å². The molecule has 0 saturated heterocycles. The number of halogens is 1. The Labute approximate surface area is 98.3 Å². The molecule has 3 nitrogen and oxygen atoms in total. The molecule has 0 aliphatic carbocycles. The van der Waals surface area contributed by atoms with E-state index < -0.39 is 20.6 Å². The molecule has 1 aromatic carbocycles. The molecular formula is C10H12AsClO3. The van der Waals surface area contributed by atoms with Gasteiger partial charge in [0.25, 0.3) is 0 Å². The molecule has 0 spiro atoms. The van der Waals surface area contributed by atoms with Crippen molar-refractivity contribution in [2.24, 2.45) is 0 Å². The Kier molecular flexibility index (Phi) is 4.06. The van der Waals surface area contributed by atoms with Crippen molar-refractivity contribution in [3.05, 3.63) is 22.7 Å². The number of rotatable bonds is 3. The van der Waals surface area contributed by atoms with Gasteiger partial charge in [0, 0.05) is 0 Å². The molecule has 0 saturated carbocycles. The molecule has 0 bridgehead atoms. The summed E-state index contributed by atoms with van der Waals surface area (Å²) >= 11 is 4.88. The van der Waals surface area contributed by atoms with Crippen LogP contribution in [0.3, 0.4) is 0 Å². The van der Waals surface area contributed by atoms with Gasteiger partial charge in [0.2, 0.25) is 0 Å². The first-order chi connectivity index (χ1) is 6.97. The third-order valence-electron chi connectivity index (χ3n) is 1.98. The number of hydrogen-bond donors (Lipinski definition) is 1. The maximum atomic E-state index is 10.9. The molecule has 0 unspecified atom stereocenters. The van der Waals surface area contributed by atoms with Gasteiger partial charge in [0.15, 0.2) is 0 Å². The van der Waals surface area contributed by atoms with Crippen molar-refractivity contribution in [1.82, 2.24) is 0 Å². The summed E-state index contributed by atoms with van der Waals surface area (Å²) in [6.45, 7) is 0. The van der Waals surface area contributed by atoms with Crippen LogP contribution in [0.1, 0.15) is 10.4 Å². The van der Waals surface area contributed by atoms with E-state index in [4.69, 9.17) is 21.4 Å². The van der Waals surface area contributed by atoms with Crippen LogP contribution in [0.2, 0.25) is 16.4 Å². The van der Waals surface area contributed by atoms with Crippen LogP contribution in [0.15, 0.2) is 12.1 Å². The Morgan fingerprint density at radius 2 is 2.07 bits per heavy atom. The van der Waals surface area contributed by atoms with Crippen LogP contribution >= 0.6 is 11.6 Å². The predicted octanol–water partition coefficient (Wildman–Crippen LogP) is 2.01. The van der Waals surface area contributed by atoms with Gasteiger partial charge < -0.3 is 0 Å². The molecular weight excluding hydrogens is 278 g/mol. The average molecular weight is 291 g/mol. The minimum atomic E-state index is -1.13. The molecule has 0 aromatic heterocycles. The molecule has 0 aliphatic heterocycles. The summed E-state index contributed by atoms with van der Waals surface area (Å²) in [7, 11) is 1.46. The van der Waals surface area contributed by atoms with Crippen LogP contribution in [-0.4, -0.2) is 32.8 Å². The molecule has 1 N–H and O–H groups in total. The van der Waals surface area contributed by atoms with Crippen molar-refractivity contribution < 1.29 is 14.6 Å². The summed E-state index contributed by atoms with van der Waals surface area (Å²) in [4.78, 5) is 10.9. The van der Waals surface area contributed by atoms with E-state index in [0.717, 1.165) is 4.35 Å². The summed E-state index contributed by atoms with van der Waals surface area (Å²) in [6, 6.07) is 3.21. The second-order valence-corrected chi connectivity index (χ2v) is 8.37. The monoisotopic (exact) mass is 290 g/mol. The molecule has 1 aromatic rings. The van der Waals surface area contributed by atoms with Crippen molar-refractivity contribution >= 4 is 36.6 Å². The van der Waals surface area contributed by atoms with E-state index in [1.165, 1.54) is 13.2 Å². The molecule has 0 radical (unpaired) electrons. The van der Waals surface area contributed by atoms with Crippen molar-refractivity contribution in [1.29, 1.82) is 0 Å². The molecule has 0 heterocycles. The first kappa shape index (κ1) is 12.4. The van der Waals surface area contributed by atoms with Gasteiger partial charge in [-0.1, -0.05) is 0 Å². The van der Waals surface area contributed by atoms with Gasteiger partial charge in [-0.25, -0.2) is 0 Å². The molecule has 0 amide bonds. The third kappa shape index (κ3) is 2.67. The number of hydrogen-bond acceptors (Lipinski definition) is 2. The fourth-order valence-corrected chi connectivity index (χ4v) is 4.08. The maximum absolute atomic E-state index is 10.9. The fourth-order valence-electron chi connectivity index (χ4n) is 1.22. The molecule has 15 heavy (non-hydrogen) atoms. The van der Waals surface area contributed by atoms with Gasteiger partial charge in [0.1, 0.15) is 0 Å². The Morgan fingerprint density at radius 1 is 1.47 bits per heavy atom. The van der Waals surface area contributed by atoms with Gasteiger partial charge in [0.05, 0.1) is 0 Å². The number of aromatic carboxylic acids is 1.